The Morgan fingerprint density at radius 1 is 1.37 bits per heavy atom. The molecule has 108 valence electrons. The molecule has 0 aliphatic rings. The van der Waals surface area contributed by atoms with Crippen LogP contribution in [0.1, 0.15) is 25.1 Å². The van der Waals surface area contributed by atoms with Gasteiger partial charge in [0.05, 0.1) is 11.9 Å². The van der Waals surface area contributed by atoms with E-state index in [9.17, 15) is 17.6 Å². The van der Waals surface area contributed by atoms with Gasteiger partial charge < -0.3 is 10.1 Å². The van der Waals surface area contributed by atoms with Crippen LogP contribution in [0, 0.1) is 0 Å². The van der Waals surface area contributed by atoms with Crippen LogP contribution in [0.2, 0.25) is 0 Å². The maximum atomic E-state index is 12.6. The minimum absolute atomic E-state index is 0.0371. The van der Waals surface area contributed by atoms with E-state index in [4.69, 9.17) is 0 Å². The largest absolute Gasteiger partial charge is 0.485 e. The second kappa shape index (κ2) is 6.70. The Kier molecular flexibility index (Phi) is 5.53. The Morgan fingerprint density at radius 3 is 2.47 bits per heavy atom. The Hall–Kier alpha value is -1.37. The minimum Gasteiger partial charge on any atom is -0.485 e. The van der Waals surface area contributed by atoms with E-state index in [0.29, 0.717) is 0 Å². The van der Waals surface area contributed by atoms with Gasteiger partial charge in [-0.2, -0.15) is 8.78 Å². The van der Waals surface area contributed by atoms with Crippen LogP contribution in [0.5, 0.6) is 5.75 Å². The van der Waals surface area contributed by atoms with Gasteiger partial charge in [0.25, 0.3) is 0 Å². The molecule has 0 saturated carbocycles. The molecule has 19 heavy (non-hydrogen) atoms. The van der Waals surface area contributed by atoms with Crippen LogP contribution in [0.25, 0.3) is 0 Å². The fourth-order valence-electron chi connectivity index (χ4n) is 1.49. The zero-order valence-electron chi connectivity index (χ0n) is 10.7. The van der Waals surface area contributed by atoms with Crippen LogP contribution < -0.4 is 10.1 Å². The number of nitrogens with zero attached hydrogens (tertiary/aromatic N) is 1. The number of pyridine rings is 1. The summed E-state index contributed by atoms with van der Waals surface area (Å²) in [5, 5.41) is 3.04. The topological polar surface area (TPSA) is 34.1 Å². The van der Waals surface area contributed by atoms with E-state index in [2.05, 4.69) is 15.0 Å². The number of hydrogen-bond acceptors (Lipinski definition) is 3. The van der Waals surface area contributed by atoms with E-state index in [1.807, 2.05) is 6.92 Å². The molecule has 7 heteroatoms. The van der Waals surface area contributed by atoms with Gasteiger partial charge in [0, 0.05) is 6.04 Å². The molecule has 1 atom stereocenters. The third-order valence-electron chi connectivity index (χ3n) is 2.62. The number of alkyl halides is 4. The van der Waals surface area contributed by atoms with Crippen LogP contribution >= 0.6 is 0 Å². The molecule has 0 spiro atoms. The molecular weight excluding hydrogens is 264 g/mol. The molecule has 1 rings (SSSR count). The summed E-state index contributed by atoms with van der Waals surface area (Å²) in [6.07, 6.45) is -1.68. The van der Waals surface area contributed by atoms with E-state index < -0.39 is 19.0 Å². The Bertz CT molecular complexity index is 380. The van der Waals surface area contributed by atoms with Crippen molar-refractivity contribution >= 4 is 0 Å². The maximum Gasteiger partial charge on any atom is 0.340 e. The van der Waals surface area contributed by atoms with Gasteiger partial charge in [-0.15, -0.1) is 0 Å². The van der Waals surface area contributed by atoms with Gasteiger partial charge >= 0.3 is 12.3 Å². The smallest absolute Gasteiger partial charge is 0.340 e. The highest BCUT2D eigenvalue weighted by molar-refractivity contribution is 5.21. The normalized spacial score (nSPS) is 13.6. The molecule has 0 aliphatic heterocycles. The maximum absolute atomic E-state index is 12.6. The second-order valence-corrected chi connectivity index (χ2v) is 4.02. The lowest BCUT2D eigenvalue weighted by atomic mass is 10.1. The van der Waals surface area contributed by atoms with Gasteiger partial charge in [0.1, 0.15) is 5.75 Å². The monoisotopic (exact) mass is 280 g/mol. The summed E-state index contributed by atoms with van der Waals surface area (Å²) >= 11 is 0. The van der Waals surface area contributed by atoms with Gasteiger partial charge in [-0.05, 0) is 25.6 Å². The number of halogens is 4. The van der Waals surface area contributed by atoms with Gasteiger partial charge in [-0.3, -0.25) is 4.98 Å². The van der Waals surface area contributed by atoms with Gasteiger partial charge in [0.15, 0.2) is 6.61 Å². The molecule has 1 N–H and O–H groups in total. The molecule has 0 aliphatic carbocycles. The third kappa shape index (κ3) is 4.34. The molecule has 0 bridgehead atoms. The van der Waals surface area contributed by atoms with E-state index in [1.54, 1.807) is 13.1 Å². The molecule has 1 heterocycles. The summed E-state index contributed by atoms with van der Waals surface area (Å²) < 4.78 is 53.8. The van der Waals surface area contributed by atoms with E-state index in [-0.39, 0.29) is 11.8 Å². The molecule has 0 aromatic carbocycles. The number of aromatic nitrogens is 1. The lowest BCUT2D eigenvalue weighted by molar-refractivity contribution is -0.148. The lowest BCUT2D eigenvalue weighted by Crippen LogP contribution is -2.33. The SMILES string of the molecule is CCC(NC)c1ccc(OCC(F)(F)C(F)F)cn1. The predicted molar refractivity (Wildman–Crippen MR) is 62.8 cm³/mol. The average molecular weight is 280 g/mol. The number of ether oxygens (including phenoxy) is 1. The molecule has 1 aromatic rings. The van der Waals surface area contributed by atoms with Crippen LogP contribution in [-0.4, -0.2) is 31.0 Å². The van der Waals surface area contributed by atoms with Crippen molar-refractivity contribution in [3.63, 3.8) is 0 Å². The summed E-state index contributed by atoms with van der Waals surface area (Å²) in [7, 11) is 1.78. The van der Waals surface area contributed by atoms with E-state index in [0.717, 1.165) is 12.1 Å². The molecule has 0 fully saturated rings. The first-order valence-electron chi connectivity index (χ1n) is 5.82. The first-order chi connectivity index (χ1) is 8.90. The standard InChI is InChI=1S/C12H16F4N2O/c1-3-9(17-2)10-5-4-8(6-18-10)19-7-12(15,16)11(13)14/h4-6,9,11,17H,3,7H2,1-2H3. The molecule has 0 amide bonds. The predicted octanol–water partition coefficient (Wildman–Crippen LogP) is 3.03. The first kappa shape index (κ1) is 15.7. The van der Waals surface area contributed by atoms with Gasteiger partial charge in [0.2, 0.25) is 0 Å². The summed E-state index contributed by atoms with van der Waals surface area (Å²) in [5.74, 6) is -4.12. The van der Waals surface area contributed by atoms with Crippen molar-refractivity contribution < 1.29 is 22.3 Å². The molecule has 3 nitrogen and oxygen atoms in total. The van der Waals surface area contributed by atoms with Crippen LogP contribution in [-0.2, 0) is 0 Å². The number of rotatable bonds is 7. The zero-order chi connectivity index (χ0) is 14.5. The Labute approximate surface area is 109 Å². The Morgan fingerprint density at radius 2 is 2.05 bits per heavy atom. The van der Waals surface area contributed by atoms with Crippen molar-refractivity contribution in [3.05, 3.63) is 24.0 Å². The fourth-order valence-corrected chi connectivity index (χ4v) is 1.49. The summed E-state index contributed by atoms with van der Waals surface area (Å²) in [6.45, 7) is 0.603. The van der Waals surface area contributed by atoms with Crippen LogP contribution in [0.15, 0.2) is 18.3 Å². The van der Waals surface area contributed by atoms with E-state index >= 15 is 0 Å². The summed E-state index contributed by atoms with van der Waals surface area (Å²) in [5.41, 5.74) is 0.734. The molecule has 1 aromatic heterocycles. The average Bonchev–Trinajstić information content (AvgIpc) is 2.39. The van der Waals surface area contributed by atoms with Crippen LogP contribution in [0.4, 0.5) is 17.6 Å². The summed E-state index contributed by atoms with van der Waals surface area (Å²) in [4.78, 5) is 4.05. The molecular formula is C12H16F4N2O. The Balaban J connectivity index is 2.62. The van der Waals surface area contributed by atoms with E-state index in [1.165, 1.54) is 12.3 Å². The highest BCUT2D eigenvalue weighted by Gasteiger charge is 2.41. The third-order valence-corrected chi connectivity index (χ3v) is 2.62. The van der Waals surface area contributed by atoms with Crippen molar-refractivity contribution in [2.24, 2.45) is 0 Å². The number of hydrogen-bond donors (Lipinski definition) is 1. The molecule has 0 saturated heterocycles. The second-order valence-electron chi connectivity index (χ2n) is 4.02. The zero-order valence-corrected chi connectivity index (χ0v) is 10.7. The summed E-state index contributed by atoms with van der Waals surface area (Å²) in [6, 6.07) is 3.10. The van der Waals surface area contributed by atoms with Gasteiger partial charge in [-0.1, -0.05) is 6.92 Å². The minimum atomic E-state index is -4.16. The molecule has 1 unspecified atom stereocenters. The fraction of sp³-hybridized carbons (Fsp3) is 0.583. The highest BCUT2D eigenvalue weighted by atomic mass is 19.3. The lowest BCUT2D eigenvalue weighted by Gasteiger charge is -2.17. The van der Waals surface area contributed by atoms with Crippen LogP contribution in [0.3, 0.4) is 0 Å². The van der Waals surface area contributed by atoms with Crippen molar-refractivity contribution in [1.29, 1.82) is 0 Å². The van der Waals surface area contributed by atoms with Crippen molar-refractivity contribution in [1.82, 2.24) is 10.3 Å². The van der Waals surface area contributed by atoms with Gasteiger partial charge in [-0.25, -0.2) is 8.78 Å². The van der Waals surface area contributed by atoms with Crippen molar-refractivity contribution in [3.8, 4) is 5.75 Å². The van der Waals surface area contributed by atoms with Crippen molar-refractivity contribution in [2.45, 2.75) is 31.7 Å². The quantitative estimate of drug-likeness (QED) is 0.780. The first-order valence-corrected chi connectivity index (χ1v) is 5.82. The van der Waals surface area contributed by atoms with Crippen molar-refractivity contribution in [2.75, 3.05) is 13.7 Å². The number of nitrogens with one attached hydrogen (secondary N) is 1. The molecule has 0 radical (unpaired) electrons. The highest BCUT2D eigenvalue weighted by Crippen LogP contribution is 2.24.